The van der Waals surface area contributed by atoms with E-state index in [1.807, 2.05) is 0 Å². The zero-order chi connectivity index (χ0) is 14.7. The second-order valence-electron chi connectivity index (χ2n) is 5.22. The van der Waals surface area contributed by atoms with E-state index in [0.717, 1.165) is 19.3 Å². The van der Waals surface area contributed by atoms with Gasteiger partial charge in [0.25, 0.3) is 0 Å². The van der Waals surface area contributed by atoms with Crippen LogP contribution in [0.3, 0.4) is 0 Å². The molecule has 0 aliphatic rings. The summed E-state index contributed by atoms with van der Waals surface area (Å²) in [4.78, 5) is 10.4. The third kappa shape index (κ3) is 9.87. The fraction of sp³-hybridized carbons (Fsp3) is 0.929. The Kier molecular flexibility index (Phi) is 10.8. The summed E-state index contributed by atoms with van der Waals surface area (Å²) in [5.41, 5.74) is 5.63. The maximum atomic E-state index is 10.4. The van der Waals surface area contributed by atoms with Crippen LogP contribution in [0.2, 0.25) is 0 Å². The molecule has 0 rings (SSSR count). The van der Waals surface area contributed by atoms with Gasteiger partial charge in [-0.05, 0) is 6.42 Å². The highest BCUT2D eigenvalue weighted by atomic mass is 16.4. The fourth-order valence-corrected chi connectivity index (χ4v) is 2.07. The molecule has 0 aromatic rings. The van der Waals surface area contributed by atoms with E-state index < -0.39 is 30.6 Å². The number of hydrogen-bond donors (Lipinski definition) is 4. The fourth-order valence-electron chi connectivity index (χ4n) is 2.07. The van der Waals surface area contributed by atoms with Crippen molar-refractivity contribution >= 4 is 5.97 Å². The maximum Gasteiger partial charge on any atom is 0.306 e. The molecule has 0 aromatic carbocycles. The molecule has 0 amide bonds. The van der Waals surface area contributed by atoms with E-state index in [1.165, 1.54) is 25.7 Å². The van der Waals surface area contributed by atoms with Crippen molar-refractivity contribution in [2.24, 2.45) is 5.73 Å². The lowest BCUT2D eigenvalue weighted by atomic mass is 9.98. The number of nitrogens with two attached hydrogens (primary N) is 1. The average Bonchev–Trinajstić information content (AvgIpc) is 2.35. The standard InChI is InChI=1S/C14H29NO4/c1-2-3-4-5-6-7-8-9-11(16)14(15)12(17)10-13(18)19/h11-12,14,16-17H,2-10,15H2,1H3,(H,18,19). The monoisotopic (exact) mass is 275 g/mol. The number of aliphatic hydroxyl groups is 2. The normalized spacial score (nSPS) is 16.0. The van der Waals surface area contributed by atoms with Gasteiger partial charge in [0.05, 0.1) is 24.7 Å². The van der Waals surface area contributed by atoms with Crippen LogP contribution in [-0.4, -0.2) is 39.5 Å². The zero-order valence-corrected chi connectivity index (χ0v) is 11.9. The van der Waals surface area contributed by atoms with E-state index in [2.05, 4.69) is 6.92 Å². The lowest BCUT2D eigenvalue weighted by Gasteiger charge is -2.22. The average molecular weight is 275 g/mol. The van der Waals surface area contributed by atoms with Crippen LogP contribution in [0.1, 0.15) is 64.7 Å². The van der Waals surface area contributed by atoms with Gasteiger partial charge in [-0.25, -0.2) is 0 Å². The lowest BCUT2D eigenvalue weighted by Crippen LogP contribution is -2.45. The van der Waals surface area contributed by atoms with Gasteiger partial charge in [-0.3, -0.25) is 4.79 Å². The Morgan fingerprint density at radius 1 is 1.00 bits per heavy atom. The molecule has 0 heterocycles. The lowest BCUT2D eigenvalue weighted by molar-refractivity contribution is -0.139. The second-order valence-corrected chi connectivity index (χ2v) is 5.22. The number of aliphatic hydroxyl groups excluding tert-OH is 2. The van der Waals surface area contributed by atoms with Gasteiger partial charge in [-0.2, -0.15) is 0 Å². The maximum absolute atomic E-state index is 10.4. The number of rotatable bonds is 12. The molecule has 0 spiro atoms. The van der Waals surface area contributed by atoms with Gasteiger partial charge in [0.1, 0.15) is 0 Å². The molecule has 5 nitrogen and oxygen atoms in total. The molecular weight excluding hydrogens is 246 g/mol. The zero-order valence-electron chi connectivity index (χ0n) is 11.9. The van der Waals surface area contributed by atoms with Gasteiger partial charge < -0.3 is 21.1 Å². The van der Waals surface area contributed by atoms with Crippen molar-refractivity contribution in [3.63, 3.8) is 0 Å². The van der Waals surface area contributed by atoms with Gasteiger partial charge in [0.15, 0.2) is 0 Å². The first-order valence-electron chi connectivity index (χ1n) is 7.32. The van der Waals surface area contributed by atoms with Gasteiger partial charge in [-0.15, -0.1) is 0 Å². The van der Waals surface area contributed by atoms with Crippen molar-refractivity contribution in [2.75, 3.05) is 0 Å². The quantitative estimate of drug-likeness (QED) is 0.405. The number of carbonyl (C=O) groups is 1. The van der Waals surface area contributed by atoms with E-state index in [1.54, 1.807) is 0 Å². The first-order chi connectivity index (χ1) is 8.99. The largest absolute Gasteiger partial charge is 0.481 e. The van der Waals surface area contributed by atoms with E-state index in [0.29, 0.717) is 6.42 Å². The SMILES string of the molecule is CCCCCCCCCC(O)C(N)C(O)CC(=O)O. The Labute approximate surface area is 115 Å². The van der Waals surface area contributed by atoms with Crippen LogP contribution < -0.4 is 5.73 Å². The summed E-state index contributed by atoms with van der Waals surface area (Å²) in [7, 11) is 0. The van der Waals surface area contributed by atoms with Crippen LogP contribution in [0.4, 0.5) is 0 Å². The molecule has 0 aliphatic carbocycles. The minimum atomic E-state index is -1.18. The van der Waals surface area contributed by atoms with E-state index in [9.17, 15) is 15.0 Å². The van der Waals surface area contributed by atoms with Gasteiger partial charge in [-0.1, -0.05) is 51.9 Å². The molecule has 0 bridgehead atoms. The van der Waals surface area contributed by atoms with E-state index in [-0.39, 0.29) is 0 Å². The van der Waals surface area contributed by atoms with Crippen LogP contribution in [0.5, 0.6) is 0 Å². The third-order valence-electron chi connectivity index (χ3n) is 3.38. The van der Waals surface area contributed by atoms with Crippen LogP contribution in [0, 0.1) is 0 Å². The molecule has 5 heteroatoms. The summed E-state index contributed by atoms with van der Waals surface area (Å²) in [5.74, 6) is -1.11. The van der Waals surface area contributed by atoms with Gasteiger partial charge in [0.2, 0.25) is 0 Å². The van der Waals surface area contributed by atoms with Crippen LogP contribution in [0.25, 0.3) is 0 Å². The third-order valence-corrected chi connectivity index (χ3v) is 3.38. The topological polar surface area (TPSA) is 104 Å². The summed E-state index contributed by atoms with van der Waals surface area (Å²) < 4.78 is 0. The minimum absolute atomic E-state index is 0.421. The number of hydrogen-bond acceptors (Lipinski definition) is 4. The molecular formula is C14H29NO4. The molecule has 0 radical (unpaired) electrons. The highest BCUT2D eigenvalue weighted by Crippen LogP contribution is 2.12. The predicted octanol–water partition coefficient (Wildman–Crippen LogP) is 1.65. The highest BCUT2D eigenvalue weighted by Gasteiger charge is 2.24. The van der Waals surface area contributed by atoms with Crippen molar-refractivity contribution in [1.29, 1.82) is 0 Å². The molecule has 114 valence electrons. The minimum Gasteiger partial charge on any atom is -0.481 e. The molecule has 3 atom stereocenters. The summed E-state index contributed by atoms with van der Waals surface area (Å²) >= 11 is 0. The van der Waals surface area contributed by atoms with E-state index in [4.69, 9.17) is 10.8 Å². The molecule has 0 saturated carbocycles. The molecule has 5 N–H and O–H groups in total. The molecule has 0 aromatic heterocycles. The van der Waals surface area contributed by atoms with Crippen molar-refractivity contribution < 1.29 is 20.1 Å². The molecule has 19 heavy (non-hydrogen) atoms. The number of unbranched alkanes of at least 4 members (excludes halogenated alkanes) is 6. The Balaban J connectivity index is 3.61. The Morgan fingerprint density at radius 2 is 1.53 bits per heavy atom. The van der Waals surface area contributed by atoms with Crippen LogP contribution >= 0.6 is 0 Å². The Bertz CT molecular complexity index is 235. The van der Waals surface area contributed by atoms with Crippen molar-refractivity contribution in [1.82, 2.24) is 0 Å². The molecule has 0 aliphatic heterocycles. The number of carboxylic acids is 1. The Hall–Kier alpha value is -0.650. The van der Waals surface area contributed by atoms with Crippen LogP contribution in [-0.2, 0) is 4.79 Å². The molecule has 3 unspecified atom stereocenters. The summed E-state index contributed by atoms with van der Waals surface area (Å²) in [6.45, 7) is 2.18. The highest BCUT2D eigenvalue weighted by molar-refractivity contribution is 5.67. The van der Waals surface area contributed by atoms with Crippen molar-refractivity contribution in [3.05, 3.63) is 0 Å². The summed E-state index contributed by atoms with van der Waals surface area (Å²) in [5, 5.41) is 27.8. The Morgan fingerprint density at radius 3 is 2.05 bits per heavy atom. The first-order valence-corrected chi connectivity index (χ1v) is 7.32. The summed E-state index contributed by atoms with van der Waals surface area (Å²) in [6, 6.07) is -0.879. The van der Waals surface area contributed by atoms with E-state index >= 15 is 0 Å². The van der Waals surface area contributed by atoms with Gasteiger partial charge >= 0.3 is 5.97 Å². The number of aliphatic carboxylic acids is 1. The smallest absolute Gasteiger partial charge is 0.306 e. The second kappa shape index (κ2) is 11.2. The summed E-state index contributed by atoms with van der Waals surface area (Å²) in [6.07, 6.45) is 6.13. The first kappa shape index (κ1) is 18.4. The van der Waals surface area contributed by atoms with Crippen LogP contribution in [0.15, 0.2) is 0 Å². The predicted molar refractivity (Wildman–Crippen MR) is 74.9 cm³/mol. The number of carboxylic acid groups (broad SMARTS) is 1. The van der Waals surface area contributed by atoms with Crippen molar-refractivity contribution in [3.8, 4) is 0 Å². The molecule has 0 saturated heterocycles. The van der Waals surface area contributed by atoms with Gasteiger partial charge in [0, 0.05) is 0 Å². The van der Waals surface area contributed by atoms with Crippen molar-refractivity contribution in [2.45, 2.75) is 83.0 Å². The molecule has 0 fully saturated rings.